The number of benzene rings is 1. The Morgan fingerprint density at radius 2 is 2.06 bits per heavy atom. The summed E-state index contributed by atoms with van der Waals surface area (Å²) in [5, 5.41) is 22.2. The van der Waals surface area contributed by atoms with Crippen molar-refractivity contribution in [3.8, 4) is 0 Å². The highest BCUT2D eigenvalue weighted by Gasteiger charge is 2.22. The molecule has 0 bridgehead atoms. The molecule has 2 unspecified atom stereocenters. The third kappa shape index (κ3) is 4.05. The van der Waals surface area contributed by atoms with Crippen LogP contribution in [0.1, 0.15) is 38.4 Å². The molecule has 2 atom stereocenters. The van der Waals surface area contributed by atoms with Crippen LogP contribution in [-0.4, -0.2) is 28.9 Å². The van der Waals surface area contributed by atoms with Gasteiger partial charge in [-0.3, -0.25) is 0 Å². The summed E-state index contributed by atoms with van der Waals surface area (Å²) in [5.41, 5.74) is 0.0634. The first kappa shape index (κ1) is 15.1. The Labute approximate surface area is 108 Å². The van der Waals surface area contributed by atoms with Gasteiger partial charge in [0, 0.05) is 24.3 Å². The second kappa shape index (κ2) is 6.83. The zero-order valence-electron chi connectivity index (χ0n) is 11.0. The van der Waals surface area contributed by atoms with Crippen LogP contribution >= 0.6 is 0 Å². The van der Waals surface area contributed by atoms with Gasteiger partial charge < -0.3 is 15.5 Å². The number of aliphatic hydroxyl groups excluding tert-OH is 2. The van der Waals surface area contributed by atoms with Gasteiger partial charge in [0.15, 0.2) is 0 Å². The van der Waals surface area contributed by atoms with Crippen molar-refractivity contribution in [3.05, 3.63) is 35.6 Å². The van der Waals surface area contributed by atoms with Crippen LogP contribution in [0, 0.1) is 5.82 Å². The topological polar surface area (TPSA) is 52.5 Å². The van der Waals surface area contributed by atoms with E-state index in [1.54, 1.807) is 18.2 Å². The highest BCUT2D eigenvalue weighted by Crippen LogP contribution is 2.19. The van der Waals surface area contributed by atoms with Crippen molar-refractivity contribution in [1.29, 1.82) is 0 Å². The summed E-state index contributed by atoms with van der Waals surface area (Å²) in [7, 11) is 0. The van der Waals surface area contributed by atoms with Gasteiger partial charge in [-0.25, -0.2) is 4.39 Å². The van der Waals surface area contributed by atoms with E-state index in [0.29, 0.717) is 12.0 Å². The summed E-state index contributed by atoms with van der Waals surface area (Å²) in [6.07, 6.45) is 0.557. The van der Waals surface area contributed by atoms with Gasteiger partial charge in [-0.2, -0.15) is 0 Å². The first-order chi connectivity index (χ1) is 8.52. The summed E-state index contributed by atoms with van der Waals surface area (Å²) in [6, 6.07) is 6.22. The molecule has 0 aliphatic rings. The minimum absolute atomic E-state index is 0.0904. The standard InChI is InChI=1S/C14H22FNO2/c1-3-14(2,8-9-17)16-10-13(18)11-6-4-5-7-12(11)15/h4-7,13,16-18H,3,8-10H2,1-2H3. The van der Waals surface area contributed by atoms with E-state index in [0.717, 1.165) is 6.42 Å². The number of aliphatic hydroxyl groups is 2. The lowest BCUT2D eigenvalue weighted by Crippen LogP contribution is -2.44. The zero-order valence-corrected chi connectivity index (χ0v) is 11.0. The largest absolute Gasteiger partial charge is 0.396 e. The van der Waals surface area contributed by atoms with Crippen LogP contribution in [0.25, 0.3) is 0 Å². The van der Waals surface area contributed by atoms with Crippen molar-refractivity contribution >= 4 is 0 Å². The molecule has 18 heavy (non-hydrogen) atoms. The molecule has 3 N–H and O–H groups in total. The molecular weight excluding hydrogens is 233 g/mol. The van der Waals surface area contributed by atoms with Crippen LogP contribution in [0.5, 0.6) is 0 Å². The lowest BCUT2D eigenvalue weighted by atomic mass is 9.94. The zero-order chi connectivity index (χ0) is 13.6. The fraction of sp³-hybridized carbons (Fsp3) is 0.571. The summed E-state index contributed by atoms with van der Waals surface area (Å²) >= 11 is 0. The van der Waals surface area contributed by atoms with Gasteiger partial charge in [0.1, 0.15) is 5.82 Å². The number of halogens is 1. The van der Waals surface area contributed by atoms with E-state index in [9.17, 15) is 9.50 Å². The molecule has 0 fully saturated rings. The molecule has 102 valence electrons. The van der Waals surface area contributed by atoms with Crippen molar-refractivity contribution in [3.63, 3.8) is 0 Å². The Kier molecular flexibility index (Phi) is 5.72. The number of hydrogen-bond donors (Lipinski definition) is 3. The third-order valence-electron chi connectivity index (χ3n) is 3.43. The normalized spacial score (nSPS) is 16.3. The van der Waals surface area contributed by atoms with Gasteiger partial charge in [-0.05, 0) is 25.8 Å². The number of hydrogen-bond acceptors (Lipinski definition) is 3. The predicted octanol–water partition coefficient (Wildman–Crippen LogP) is 2.00. The molecule has 1 aromatic carbocycles. The van der Waals surface area contributed by atoms with Crippen molar-refractivity contribution in [2.75, 3.05) is 13.2 Å². The minimum Gasteiger partial charge on any atom is -0.396 e. The van der Waals surface area contributed by atoms with Crippen LogP contribution in [0.3, 0.4) is 0 Å². The quantitative estimate of drug-likeness (QED) is 0.698. The Balaban J connectivity index is 2.60. The number of β-amino-alcohol motifs (C(OH)–C–C–N with tert-alkyl or cyclic N) is 1. The van der Waals surface area contributed by atoms with Crippen molar-refractivity contribution in [1.82, 2.24) is 5.32 Å². The molecular formula is C14H22FNO2. The molecule has 1 rings (SSSR count). The summed E-state index contributed by atoms with van der Waals surface area (Å²) in [6.45, 7) is 4.35. The molecule has 0 aliphatic carbocycles. The van der Waals surface area contributed by atoms with Gasteiger partial charge in [0.05, 0.1) is 6.10 Å². The van der Waals surface area contributed by atoms with Crippen molar-refractivity contribution < 1.29 is 14.6 Å². The van der Waals surface area contributed by atoms with E-state index in [1.807, 2.05) is 13.8 Å². The third-order valence-corrected chi connectivity index (χ3v) is 3.43. The predicted molar refractivity (Wildman–Crippen MR) is 69.8 cm³/mol. The van der Waals surface area contributed by atoms with E-state index in [4.69, 9.17) is 5.11 Å². The maximum atomic E-state index is 13.5. The number of rotatable bonds is 7. The molecule has 0 spiro atoms. The molecule has 0 radical (unpaired) electrons. The molecule has 0 amide bonds. The summed E-state index contributed by atoms with van der Waals surface area (Å²) in [4.78, 5) is 0. The van der Waals surface area contributed by atoms with Crippen LogP contribution in [0.2, 0.25) is 0 Å². The molecule has 0 saturated carbocycles. The van der Waals surface area contributed by atoms with Gasteiger partial charge in [-0.1, -0.05) is 25.1 Å². The Hall–Kier alpha value is -0.970. The second-order valence-corrected chi connectivity index (χ2v) is 4.81. The van der Waals surface area contributed by atoms with E-state index < -0.39 is 11.9 Å². The Morgan fingerprint density at radius 3 is 2.61 bits per heavy atom. The van der Waals surface area contributed by atoms with Gasteiger partial charge in [0.2, 0.25) is 0 Å². The monoisotopic (exact) mass is 255 g/mol. The van der Waals surface area contributed by atoms with E-state index in [2.05, 4.69) is 5.32 Å². The number of nitrogens with one attached hydrogen (secondary N) is 1. The SMILES string of the molecule is CCC(C)(CCO)NCC(O)c1ccccc1F. The van der Waals surface area contributed by atoms with Crippen LogP contribution < -0.4 is 5.32 Å². The lowest BCUT2D eigenvalue weighted by Gasteiger charge is -2.30. The van der Waals surface area contributed by atoms with E-state index >= 15 is 0 Å². The summed E-state index contributed by atoms with van der Waals surface area (Å²) < 4.78 is 13.5. The average Bonchev–Trinajstić information content (AvgIpc) is 2.37. The van der Waals surface area contributed by atoms with Crippen LogP contribution in [0.15, 0.2) is 24.3 Å². The molecule has 0 saturated heterocycles. The van der Waals surface area contributed by atoms with Gasteiger partial charge in [0.25, 0.3) is 0 Å². The molecule has 0 aromatic heterocycles. The Morgan fingerprint density at radius 1 is 1.39 bits per heavy atom. The van der Waals surface area contributed by atoms with E-state index in [-0.39, 0.29) is 18.7 Å². The summed E-state index contributed by atoms with van der Waals surface area (Å²) in [5.74, 6) is -0.396. The van der Waals surface area contributed by atoms with E-state index in [1.165, 1.54) is 6.07 Å². The smallest absolute Gasteiger partial charge is 0.129 e. The lowest BCUT2D eigenvalue weighted by molar-refractivity contribution is 0.142. The van der Waals surface area contributed by atoms with Gasteiger partial charge in [-0.15, -0.1) is 0 Å². The molecule has 0 aliphatic heterocycles. The maximum Gasteiger partial charge on any atom is 0.129 e. The highest BCUT2D eigenvalue weighted by molar-refractivity contribution is 5.20. The van der Waals surface area contributed by atoms with Crippen LogP contribution in [-0.2, 0) is 0 Å². The molecule has 0 heterocycles. The maximum absolute atomic E-state index is 13.5. The highest BCUT2D eigenvalue weighted by atomic mass is 19.1. The minimum atomic E-state index is -0.879. The average molecular weight is 255 g/mol. The second-order valence-electron chi connectivity index (χ2n) is 4.81. The first-order valence-electron chi connectivity index (χ1n) is 6.31. The van der Waals surface area contributed by atoms with Crippen molar-refractivity contribution in [2.24, 2.45) is 0 Å². The van der Waals surface area contributed by atoms with Crippen molar-refractivity contribution in [2.45, 2.75) is 38.3 Å². The fourth-order valence-corrected chi connectivity index (χ4v) is 1.84. The molecule has 3 nitrogen and oxygen atoms in total. The van der Waals surface area contributed by atoms with Gasteiger partial charge >= 0.3 is 0 Å². The Bertz CT molecular complexity index is 373. The molecule has 4 heteroatoms. The first-order valence-corrected chi connectivity index (χ1v) is 6.31. The van der Waals surface area contributed by atoms with Crippen LogP contribution in [0.4, 0.5) is 4.39 Å². The fourth-order valence-electron chi connectivity index (χ4n) is 1.84. The molecule has 1 aromatic rings.